The van der Waals surface area contributed by atoms with E-state index >= 15 is 0 Å². The smallest absolute Gasteiger partial charge is 0.261 e. The summed E-state index contributed by atoms with van der Waals surface area (Å²) in [4.78, 5) is 12.0. The predicted octanol–water partition coefficient (Wildman–Crippen LogP) is 0.963. The van der Waals surface area contributed by atoms with Gasteiger partial charge in [0.2, 0.25) is 0 Å². The van der Waals surface area contributed by atoms with Crippen LogP contribution < -0.4 is 5.32 Å². The molecule has 9 heteroatoms. The first-order valence-corrected chi connectivity index (χ1v) is 9.88. The molecule has 0 aliphatic carbocycles. The standard InChI is InChI=1S/C12H12ClNO5S2/c1-8-6-10(21(13,18)19)2-3-11(8)12(15)14-9-4-5-20(16,17)7-9/h2-6,9H,7H2,1H3,(H,14,15). The number of hydrogen-bond donors (Lipinski definition) is 1. The Morgan fingerprint density at radius 3 is 2.52 bits per heavy atom. The second-order valence-electron chi connectivity index (χ2n) is 4.65. The Morgan fingerprint density at radius 1 is 1.38 bits per heavy atom. The molecule has 1 aliphatic heterocycles. The maximum Gasteiger partial charge on any atom is 0.261 e. The molecule has 1 unspecified atom stereocenters. The van der Waals surface area contributed by atoms with Crippen LogP contribution in [-0.4, -0.2) is 34.5 Å². The van der Waals surface area contributed by atoms with Crippen LogP contribution in [0.25, 0.3) is 0 Å². The summed E-state index contributed by atoms with van der Waals surface area (Å²) >= 11 is 0. The van der Waals surface area contributed by atoms with Crippen molar-refractivity contribution in [1.29, 1.82) is 0 Å². The van der Waals surface area contributed by atoms with Gasteiger partial charge in [-0.05, 0) is 36.8 Å². The zero-order valence-corrected chi connectivity index (χ0v) is 13.3. The number of amides is 1. The van der Waals surface area contributed by atoms with Crippen molar-refractivity contribution in [1.82, 2.24) is 5.32 Å². The molecule has 1 aromatic carbocycles. The molecule has 0 saturated heterocycles. The normalized spacial score (nSPS) is 20.4. The Balaban J connectivity index is 2.19. The number of carbonyl (C=O) groups is 1. The van der Waals surface area contributed by atoms with Crippen molar-refractivity contribution < 1.29 is 21.6 Å². The fourth-order valence-electron chi connectivity index (χ4n) is 1.95. The van der Waals surface area contributed by atoms with E-state index in [0.29, 0.717) is 5.56 Å². The fourth-order valence-corrected chi connectivity index (χ4v) is 4.03. The molecule has 2 rings (SSSR count). The van der Waals surface area contributed by atoms with Crippen LogP contribution in [0.2, 0.25) is 0 Å². The molecule has 1 heterocycles. The van der Waals surface area contributed by atoms with E-state index < -0.39 is 30.8 Å². The Bertz CT molecular complexity index is 827. The summed E-state index contributed by atoms with van der Waals surface area (Å²) in [5, 5.41) is 3.63. The summed E-state index contributed by atoms with van der Waals surface area (Å²) in [6, 6.07) is 3.27. The number of halogens is 1. The molecule has 0 spiro atoms. The van der Waals surface area contributed by atoms with Crippen molar-refractivity contribution in [2.24, 2.45) is 0 Å². The maximum absolute atomic E-state index is 12.1. The summed E-state index contributed by atoms with van der Waals surface area (Å²) in [5.41, 5.74) is 0.691. The highest BCUT2D eigenvalue weighted by atomic mass is 35.7. The minimum atomic E-state index is -3.86. The molecule has 1 amide bonds. The predicted molar refractivity (Wildman–Crippen MR) is 78.4 cm³/mol. The molecule has 1 N–H and O–H groups in total. The molecule has 1 aromatic rings. The number of hydrogen-bond acceptors (Lipinski definition) is 5. The highest BCUT2D eigenvalue weighted by Gasteiger charge is 2.24. The van der Waals surface area contributed by atoms with Gasteiger partial charge in [-0.2, -0.15) is 0 Å². The molecule has 1 atom stereocenters. The van der Waals surface area contributed by atoms with Gasteiger partial charge in [0, 0.05) is 21.7 Å². The van der Waals surface area contributed by atoms with Crippen LogP contribution in [0.1, 0.15) is 15.9 Å². The van der Waals surface area contributed by atoms with E-state index in [-0.39, 0.29) is 16.2 Å². The maximum atomic E-state index is 12.1. The molecule has 6 nitrogen and oxygen atoms in total. The molecule has 0 bridgehead atoms. The van der Waals surface area contributed by atoms with Crippen molar-refractivity contribution >= 4 is 35.5 Å². The Hall–Kier alpha value is -1.38. The molecular formula is C12H12ClNO5S2. The molecule has 0 fully saturated rings. The van der Waals surface area contributed by atoms with Gasteiger partial charge in [-0.1, -0.05) is 0 Å². The Labute approximate surface area is 127 Å². The monoisotopic (exact) mass is 349 g/mol. The average molecular weight is 350 g/mol. The fraction of sp³-hybridized carbons (Fsp3) is 0.250. The van der Waals surface area contributed by atoms with E-state index in [1.807, 2.05) is 0 Å². The summed E-state index contributed by atoms with van der Waals surface area (Å²) in [7, 11) is -1.88. The molecule has 0 radical (unpaired) electrons. The number of benzene rings is 1. The van der Waals surface area contributed by atoms with Crippen molar-refractivity contribution in [3.8, 4) is 0 Å². The summed E-state index contributed by atoms with van der Waals surface area (Å²) in [6.07, 6.45) is 1.40. The van der Waals surface area contributed by atoms with Gasteiger partial charge in [0.05, 0.1) is 16.7 Å². The van der Waals surface area contributed by atoms with Gasteiger partial charge in [0.25, 0.3) is 15.0 Å². The third-order valence-corrected chi connectivity index (χ3v) is 5.72. The van der Waals surface area contributed by atoms with Crippen LogP contribution in [0.15, 0.2) is 34.6 Å². The first-order chi connectivity index (χ1) is 9.58. The molecular weight excluding hydrogens is 338 g/mol. The lowest BCUT2D eigenvalue weighted by molar-refractivity contribution is 0.0947. The lowest BCUT2D eigenvalue weighted by atomic mass is 10.1. The largest absolute Gasteiger partial charge is 0.345 e. The second-order valence-corrected chi connectivity index (χ2v) is 9.15. The lowest BCUT2D eigenvalue weighted by Gasteiger charge is -2.12. The van der Waals surface area contributed by atoms with E-state index in [1.165, 1.54) is 24.3 Å². The first kappa shape index (κ1) is 16.0. The summed E-state index contributed by atoms with van der Waals surface area (Å²) in [5.74, 6) is -0.649. The van der Waals surface area contributed by atoms with Crippen LogP contribution >= 0.6 is 10.7 Å². The second kappa shape index (κ2) is 5.43. The van der Waals surface area contributed by atoms with E-state index in [1.54, 1.807) is 6.92 Å². The first-order valence-electron chi connectivity index (χ1n) is 5.86. The quantitative estimate of drug-likeness (QED) is 0.820. The minimum absolute atomic E-state index is 0.0958. The highest BCUT2D eigenvalue weighted by Crippen LogP contribution is 2.19. The van der Waals surface area contributed by atoms with Crippen molar-refractivity contribution in [3.05, 3.63) is 40.8 Å². The zero-order valence-electron chi connectivity index (χ0n) is 10.9. The number of nitrogens with one attached hydrogen (secondary N) is 1. The lowest BCUT2D eigenvalue weighted by Crippen LogP contribution is -2.35. The summed E-state index contributed by atoms with van der Waals surface area (Å²) < 4.78 is 44.9. The number of sulfone groups is 1. The highest BCUT2D eigenvalue weighted by molar-refractivity contribution is 8.13. The van der Waals surface area contributed by atoms with Crippen molar-refractivity contribution in [3.63, 3.8) is 0 Å². The van der Waals surface area contributed by atoms with Gasteiger partial charge in [0.1, 0.15) is 0 Å². The van der Waals surface area contributed by atoms with Crippen molar-refractivity contribution in [2.75, 3.05) is 5.75 Å². The Kier molecular flexibility index (Phi) is 4.14. The molecule has 0 saturated carbocycles. The van der Waals surface area contributed by atoms with E-state index in [9.17, 15) is 21.6 Å². The molecule has 1 aliphatic rings. The average Bonchev–Trinajstić information content (AvgIpc) is 2.67. The third-order valence-electron chi connectivity index (χ3n) is 2.97. The summed E-state index contributed by atoms with van der Waals surface area (Å²) in [6.45, 7) is 1.57. The van der Waals surface area contributed by atoms with Crippen LogP contribution in [0.4, 0.5) is 0 Å². The van der Waals surface area contributed by atoms with Crippen LogP contribution in [0.5, 0.6) is 0 Å². The van der Waals surface area contributed by atoms with Gasteiger partial charge < -0.3 is 5.32 Å². The van der Waals surface area contributed by atoms with E-state index in [4.69, 9.17) is 10.7 Å². The SMILES string of the molecule is Cc1cc(S(=O)(=O)Cl)ccc1C(=O)NC1C=CS(=O)(=O)C1. The van der Waals surface area contributed by atoms with Gasteiger partial charge >= 0.3 is 0 Å². The van der Waals surface area contributed by atoms with Crippen molar-refractivity contribution in [2.45, 2.75) is 17.9 Å². The van der Waals surface area contributed by atoms with Gasteiger partial charge in [-0.25, -0.2) is 16.8 Å². The van der Waals surface area contributed by atoms with Crippen LogP contribution in [0, 0.1) is 6.92 Å². The number of rotatable bonds is 3. The molecule has 0 aromatic heterocycles. The van der Waals surface area contributed by atoms with E-state index in [2.05, 4.69) is 5.32 Å². The third kappa shape index (κ3) is 3.84. The van der Waals surface area contributed by atoms with Crippen LogP contribution in [0.3, 0.4) is 0 Å². The molecule has 114 valence electrons. The van der Waals surface area contributed by atoms with Gasteiger partial charge in [-0.15, -0.1) is 0 Å². The van der Waals surface area contributed by atoms with Gasteiger partial charge in [0.15, 0.2) is 9.84 Å². The number of aryl methyl sites for hydroxylation is 1. The van der Waals surface area contributed by atoms with Crippen LogP contribution in [-0.2, 0) is 18.9 Å². The minimum Gasteiger partial charge on any atom is -0.345 e. The molecule has 21 heavy (non-hydrogen) atoms. The topological polar surface area (TPSA) is 97.4 Å². The van der Waals surface area contributed by atoms with Gasteiger partial charge in [-0.3, -0.25) is 4.79 Å². The Morgan fingerprint density at radius 2 is 2.05 bits per heavy atom. The zero-order chi connectivity index (χ0) is 15.8. The van der Waals surface area contributed by atoms with E-state index in [0.717, 1.165) is 5.41 Å². The number of carbonyl (C=O) groups excluding carboxylic acids is 1.